The third-order valence-electron chi connectivity index (χ3n) is 5.66. The largest absolute Gasteiger partial charge is 0.481 e. The smallest absolute Gasteiger partial charge is 0.310 e. The van der Waals surface area contributed by atoms with Crippen molar-refractivity contribution in [1.82, 2.24) is 0 Å². The lowest BCUT2D eigenvalue weighted by atomic mass is 9.66. The van der Waals surface area contributed by atoms with Gasteiger partial charge < -0.3 is 5.11 Å². The average molecular weight is 370 g/mol. The third kappa shape index (κ3) is 4.44. The highest BCUT2D eigenvalue weighted by Gasteiger charge is 2.40. The summed E-state index contributed by atoms with van der Waals surface area (Å²) >= 11 is 0. The Hall–Kier alpha value is -2.49. The average Bonchev–Trinajstić information content (AvgIpc) is 2.65. The van der Waals surface area contributed by atoms with Gasteiger partial charge in [0.2, 0.25) is 0 Å². The van der Waals surface area contributed by atoms with E-state index in [1.807, 2.05) is 45.0 Å². The molecule has 0 aliphatic rings. The molecule has 2 rings (SSSR count). The minimum absolute atomic E-state index is 0.0166. The number of halogens is 1. The minimum Gasteiger partial charge on any atom is -0.481 e. The van der Waals surface area contributed by atoms with Crippen LogP contribution in [0.3, 0.4) is 0 Å². The van der Waals surface area contributed by atoms with Gasteiger partial charge in [0.25, 0.3) is 0 Å². The normalized spacial score (nSPS) is 14.6. The maximum atomic E-state index is 13.3. The molecule has 3 nitrogen and oxygen atoms in total. The lowest BCUT2D eigenvalue weighted by Crippen LogP contribution is -2.38. The molecule has 144 valence electrons. The van der Waals surface area contributed by atoms with Gasteiger partial charge in [-0.15, -0.1) is 0 Å². The quantitative estimate of drug-likeness (QED) is 0.625. The Morgan fingerprint density at radius 2 is 1.56 bits per heavy atom. The second-order valence-corrected chi connectivity index (χ2v) is 7.48. The summed E-state index contributed by atoms with van der Waals surface area (Å²) in [4.78, 5) is 24.5. The Morgan fingerprint density at radius 3 is 2.00 bits per heavy atom. The second-order valence-electron chi connectivity index (χ2n) is 7.48. The number of carboxylic acids is 1. The first-order valence-corrected chi connectivity index (χ1v) is 9.33. The van der Waals surface area contributed by atoms with Crippen LogP contribution >= 0.6 is 0 Å². The zero-order valence-electron chi connectivity index (χ0n) is 16.3. The van der Waals surface area contributed by atoms with Gasteiger partial charge in [0.1, 0.15) is 5.82 Å². The van der Waals surface area contributed by atoms with Gasteiger partial charge in [-0.3, -0.25) is 9.59 Å². The summed E-state index contributed by atoms with van der Waals surface area (Å²) in [7, 11) is 0. The molecule has 0 spiro atoms. The molecule has 4 heteroatoms. The summed E-state index contributed by atoms with van der Waals surface area (Å²) in [6, 6.07) is 13.2. The van der Waals surface area contributed by atoms with Crippen molar-refractivity contribution in [2.45, 2.75) is 46.5 Å². The number of benzene rings is 2. The van der Waals surface area contributed by atoms with Crippen LogP contribution in [0.15, 0.2) is 48.5 Å². The topological polar surface area (TPSA) is 54.4 Å². The van der Waals surface area contributed by atoms with Gasteiger partial charge in [-0.1, -0.05) is 45.0 Å². The maximum Gasteiger partial charge on any atom is 0.310 e. The van der Waals surface area contributed by atoms with Crippen LogP contribution < -0.4 is 0 Å². The molecule has 0 amide bonds. The van der Waals surface area contributed by atoms with Gasteiger partial charge in [-0.25, -0.2) is 4.39 Å². The van der Waals surface area contributed by atoms with Gasteiger partial charge in [0, 0.05) is 11.0 Å². The summed E-state index contributed by atoms with van der Waals surface area (Å²) in [6.07, 6.45) is 1.22. The fraction of sp³-hybridized carbons (Fsp3) is 0.391. The van der Waals surface area contributed by atoms with E-state index in [9.17, 15) is 14.0 Å². The number of rotatable bonds is 8. The van der Waals surface area contributed by atoms with E-state index in [-0.39, 0.29) is 17.5 Å². The van der Waals surface area contributed by atoms with Gasteiger partial charge >= 0.3 is 5.97 Å². The molecular weight excluding hydrogens is 343 g/mol. The molecule has 0 aromatic heterocycles. The van der Waals surface area contributed by atoms with Gasteiger partial charge in [0.15, 0.2) is 5.78 Å². The molecule has 0 heterocycles. The van der Waals surface area contributed by atoms with E-state index in [0.717, 1.165) is 11.1 Å². The molecule has 0 bridgehead atoms. The van der Waals surface area contributed by atoms with Gasteiger partial charge in [-0.05, 0) is 61.1 Å². The number of carboxylic acid groups (broad SMARTS) is 1. The molecule has 2 atom stereocenters. The molecule has 0 saturated carbocycles. The molecule has 0 radical (unpaired) electrons. The molecule has 0 fully saturated rings. The van der Waals surface area contributed by atoms with Crippen molar-refractivity contribution in [3.05, 3.63) is 71.0 Å². The molecule has 1 N–H and O–H groups in total. The van der Waals surface area contributed by atoms with Crippen LogP contribution in [0, 0.1) is 17.2 Å². The number of aliphatic carboxylic acids is 1. The summed E-state index contributed by atoms with van der Waals surface area (Å²) in [5, 5.41) is 9.15. The minimum atomic E-state index is -0.862. The predicted molar refractivity (Wildman–Crippen MR) is 104 cm³/mol. The van der Waals surface area contributed by atoms with Crippen LogP contribution in [0.2, 0.25) is 0 Å². The fourth-order valence-corrected chi connectivity index (χ4v) is 3.56. The lowest BCUT2D eigenvalue weighted by Gasteiger charge is -2.36. The number of hydrogen-bond acceptors (Lipinski definition) is 2. The van der Waals surface area contributed by atoms with Crippen molar-refractivity contribution in [2.24, 2.45) is 11.3 Å². The Kier molecular flexibility index (Phi) is 6.53. The summed E-state index contributed by atoms with van der Waals surface area (Å²) < 4.78 is 13.2. The van der Waals surface area contributed by atoms with Crippen molar-refractivity contribution >= 4 is 11.8 Å². The van der Waals surface area contributed by atoms with E-state index in [1.165, 1.54) is 12.1 Å². The maximum absolute atomic E-state index is 13.3. The molecule has 27 heavy (non-hydrogen) atoms. The van der Waals surface area contributed by atoms with Crippen molar-refractivity contribution in [3.8, 4) is 0 Å². The number of hydrogen-bond donors (Lipinski definition) is 1. The third-order valence-corrected chi connectivity index (χ3v) is 5.66. The van der Waals surface area contributed by atoms with Crippen LogP contribution in [0.5, 0.6) is 0 Å². The molecule has 0 aliphatic heterocycles. The summed E-state index contributed by atoms with van der Waals surface area (Å²) in [5.74, 6) is -1.68. The highest BCUT2D eigenvalue weighted by molar-refractivity contribution is 6.00. The van der Waals surface area contributed by atoms with E-state index in [2.05, 4.69) is 0 Å². The van der Waals surface area contributed by atoms with Crippen LogP contribution in [-0.2, 0) is 11.2 Å². The second kappa shape index (κ2) is 8.47. The standard InChI is InChI=1S/C23H27FO3/c1-5-23(15(2)3,21(25)19-10-12-20(24)13-11-19)14-17-6-8-18(9-7-17)16(4)22(26)27/h6-13,15-16H,5,14H2,1-4H3,(H,26,27). The van der Waals surface area contributed by atoms with Crippen LogP contribution in [0.1, 0.15) is 61.5 Å². The number of carbonyl (C=O) groups excluding carboxylic acids is 1. The summed E-state index contributed by atoms with van der Waals surface area (Å²) in [5.41, 5.74) is 1.64. The van der Waals surface area contributed by atoms with E-state index >= 15 is 0 Å². The van der Waals surface area contributed by atoms with Crippen molar-refractivity contribution < 1.29 is 19.1 Å². The number of carbonyl (C=O) groups is 2. The highest BCUT2D eigenvalue weighted by atomic mass is 19.1. The zero-order valence-corrected chi connectivity index (χ0v) is 16.3. The molecular formula is C23H27FO3. The Morgan fingerprint density at radius 1 is 1.00 bits per heavy atom. The van der Waals surface area contributed by atoms with Gasteiger partial charge in [-0.2, -0.15) is 0 Å². The SMILES string of the molecule is CCC(Cc1ccc(C(C)C(=O)O)cc1)(C(=O)c1ccc(F)cc1)C(C)C. The van der Waals surface area contributed by atoms with Crippen molar-refractivity contribution in [2.75, 3.05) is 0 Å². The first-order valence-electron chi connectivity index (χ1n) is 9.33. The summed E-state index contributed by atoms with van der Waals surface area (Å²) in [6.45, 7) is 7.72. The van der Waals surface area contributed by atoms with Crippen molar-refractivity contribution in [3.63, 3.8) is 0 Å². The van der Waals surface area contributed by atoms with E-state index in [0.29, 0.717) is 18.4 Å². The molecule has 0 aliphatic carbocycles. The Labute approximate surface area is 160 Å². The van der Waals surface area contributed by atoms with Crippen LogP contribution in [-0.4, -0.2) is 16.9 Å². The fourth-order valence-electron chi connectivity index (χ4n) is 3.56. The van der Waals surface area contributed by atoms with Crippen molar-refractivity contribution in [1.29, 1.82) is 0 Å². The highest BCUT2D eigenvalue weighted by Crippen LogP contribution is 2.39. The van der Waals surface area contributed by atoms with E-state index < -0.39 is 17.3 Å². The Balaban J connectivity index is 2.35. The first kappa shape index (κ1) is 20.8. The molecule has 2 unspecified atom stereocenters. The molecule has 2 aromatic rings. The van der Waals surface area contributed by atoms with Crippen LogP contribution in [0.4, 0.5) is 4.39 Å². The molecule has 2 aromatic carbocycles. The monoisotopic (exact) mass is 370 g/mol. The predicted octanol–water partition coefficient (Wildman–Crippen LogP) is 5.49. The zero-order chi connectivity index (χ0) is 20.2. The van der Waals surface area contributed by atoms with Crippen LogP contribution in [0.25, 0.3) is 0 Å². The number of Topliss-reactive ketones (excluding diaryl/α,β-unsaturated/α-hetero) is 1. The lowest BCUT2D eigenvalue weighted by molar-refractivity contribution is -0.138. The molecule has 0 saturated heterocycles. The van der Waals surface area contributed by atoms with E-state index in [1.54, 1.807) is 19.1 Å². The van der Waals surface area contributed by atoms with E-state index in [4.69, 9.17) is 5.11 Å². The van der Waals surface area contributed by atoms with Gasteiger partial charge in [0.05, 0.1) is 5.92 Å². The first-order chi connectivity index (χ1) is 12.7. The Bertz CT molecular complexity index is 793. The number of ketones is 1.